The van der Waals surface area contributed by atoms with E-state index in [4.69, 9.17) is 0 Å². The lowest BCUT2D eigenvalue weighted by atomic mass is 10.0. The minimum atomic E-state index is -1.05. The average Bonchev–Trinajstić information content (AvgIpc) is 2.47. The first-order valence-corrected chi connectivity index (χ1v) is 5.86. The SMILES string of the molecule is O=C(O)c1nc(-c2cnccn2)nc2c1CNCC2. The zero-order chi connectivity index (χ0) is 13.2. The number of fused-ring (bicyclic) bond motifs is 1. The van der Waals surface area contributed by atoms with Crippen molar-refractivity contribution in [3.8, 4) is 11.5 Å². The molecule has 1 aliphatic heterocycles. The molecule has 2 N–H and O–H groups in total. The van der Waals surface area contributed by atoms with E-state index in [1.165, 1.54) is 12.4 Å². The molecule has 0 saturated heterocycles. The Morgan fingerprint density at radius 3 is 2.95 bits per heavy atom. The molecule has 0 fully saturated rings. The molecule has 0 amide bonds. The van der Waals surface area contributed by atoms with E-state index in [2.05, 4.69) is 25.3 Å². The normalized spacial score (nSPS) is 13.9. The number of aromatic carboxylic acids is 1. The summed E-state index contributed by atoms with van der Waals surface area (Å²) in [5.74, 6) is -0.737. The number of nitrogens with one attached hydrogen (secondary N) is 1. The van der Waals surface area contributed by atoms with E-state index in [0.29, 0.717) is 30.0 Å². The lowest BCUT2D eigenvalue weighted by Crippen LogP contribution is -2.28. The van der Waals surface area contributed by atoms with Crippen LogP contribution in [0.15, 0.2) is 18.6 Å². The minimum Gasteiger partial charge on any atom is -0.476 e. The minimum absolute atomic E-state index is 0.0397. The second-order valence-corrected chi connectivity index (χ2v) is 4.14. The van der Waals surface area contributed by atoms with Crippen LogP contribution in [0.1, 0.15) is 21.7 Å². The Balaban J connectivity index is 2.17. The first-order valence-electron chi connectivity index (χ1n) is 5.86. The summed E-state index contributed by atoms with van der Waals surface area (Å²) in [6.07, 6.45) is 5.28. The van der Waals surface area contributed by atoms with Gasteiger partial charge in [-0.15, -0.1) is 0 Å². The van der Waals surface area contributed by atoms with Gasteiger partial charge in [0.1, 0.15) is 5.69 Å². The third kappa shape index (κ3) is 2.15. The standard InChI is InChI=1S/C12H11N5O2/c18-12(19)10-7-5-13-2-1-8(7)16-11(17-10)9-6-14-3-4-15-9/h3-4,6,13H,1-2,5H2,(H,18,19). The molecule has 0 saturated carbocycles. The number of hydrogen-bond donors (Lipinski definition) is 2. The van der Waals surface area contributed by atoms with E-state index in [1.807, 2.05) is 0 Å². The van der Waals surface area contributed by atoms with E-state index < -0.39 is 5.97 Å². The van der Waals surface area contributed by atoms with Gasteiger partial charge in [-0.3, -0.25) is 4.98 Å². The summed E-state index contributed by atoms with van der Waals surface area (Å²) in [4.78, 5) is 27.9. The van der Waals surface area contributed by atoms with Gasteiger partial charge < -0.3 is 10.4 Å². The number of carboxylic acids is 1. The van der Waals surface area contributed by atoms with Crippen LogP contribution in [-0.4, -0.2) is 37.6 Å². The Kier molecular flexibility index (Phi) is 2.88. The number of rotatable bonds is 2. The summed E-state index contributed by atoms with van der Waals surface area (Å²) in [7, 11) is 0. The molecule has 96 valence electrons. The third-order valence-corrected chi connectivity index (χ3v) is 2.93. The molecule has 3 heterocycles. The van der Waals surface area contributed by atoms with Gasteiger partial charge in [0.15, 0.2) is 11.5 Å². The van der Waals surface area contributed by atoms with E-state index in [1.54, 1.807) is 6.20 Å². The molecule has 0 radical (unpaired) electrons. The number of carbonyl (C=O) groups is 1. The van der Waals surface area contributed by atoms with Crippen LogP contribution in [0.3, 0.4) is 0 Å². The summed E-state index contributed by atoms with van der Waals surface area (Å²) in [5.41, 5.74) is 1.95. The molecule has 3 rings (SSSR count). The second-order valence-electron chi connectivity index (χ2n) is 4.14. The van der Waals surface area contributed by atoms with Crippen molar-refractivity contribution in [3.63, 3.8) is 0 Å². The van der Waals surface area contributed by atoms with E-state index in [9.17, 15) is 9.90 Å². The average molecular weight is 257 g/mol. The Hall–Kier alpha value is -2.41. The van der Waals surface area contributed by atoms with Gasteiger partial charge in [-0.05, 0) is 0 Å². The van der Waals surface area contributed by atoms with Crippen molar-refractivity contribution in [2.75, 3.05) is 6.54 Å². The Bertz CT molecular complexity index is 630. The van der Waals surface area contributed by atoms with E-state index in [-0.39, 0.29) is 5.69 Å². The predicted octanol–water partition coefficient (Wildman–Crippen LogP) is 0.277. The fourth-order valence-corrected chi connectivity index (χ4v) is 2.05. The van der Waals surface area contributed by atoms with Gasteiger partial charge in [-0.1, -0.05) is 0 Å². The van der Waals surface area contributed by atoms with Gasteiger partial charge in [-0.2, -0.15) is 0 Å². The molecule has 0 bridgehead atoms. The predicted molar refractivity (Wildman–Crippen MR) is 65.4 cm³/mol. The topological polar surface area (TPSA) is 101 Å². The van der Waals surface area contributed by atoms with E-state index in [0.717, 1.165) is 12.2 Å². The molecule has 0 atom stereocenters. The molecular weight excluding hydrogens is 246 g/mol. The summed E-state index contributed by atoms with van der Waals surface area (Å²) < 4.78 is 0. The van der Waals surface area contributed by atoms with Crippen molar-refractivity contribution in [2.45, 2.75) is 13.0 Å². The van der Waals surface area contributed by atoms with Gasteiger partial charge >= 0.3 is 5.97 Å². The number of nitrogens with zero attached hydrogens (tertiary/aromatic N) is 4. The largest absolute Gasteiger partial charge is 0.476 e. The van der Waals surface area contributed by atoms with Gasteiger partial charge in [0.2, 0.25) is 0 Å². The quantitative estimate of drug-likeness (QED) is 0.796. The van der Waals surface area contributed by atoms with E-state index >= 15 is 0 Å². The van der Waals surface area contributed by atoms with Crippen LogP contribution in [0, 0.1) is 0 Å². The Morgan fingerprint density at radius 2 is 2.21 bits per heavy atom. The molecule has 0 aliphatic carbocycles. The maximum Gasteiger partial charge on any atom is 0.354 e. The van der Waals surface area contributed by atoms with Crippen LogP contribution in [0.5, 0.6) is 0 Å². The van der Waals surface area contributed by atoms with Gasteiger partial charge in [0, 0.05) is 37.5 Å². The fourth-order valence-electron chi connectivity index (χ4n) is 2.05. The van der Waals surface area contributed by atoms with Crippen LogP contribution in [0.4, 0.5) is 0 Å². The molecule has 0 aromatic carbocycles. The zero-order valence-corrected chi connectivity index (χ0v) is 10.00. The molecule has 7 nitrogen and oxygen atoms in total. The highest BCUT2D eigenvalue weighted by molar-refractivity contribution is 5.88. The van der Waals surface area contributed by atoms with Crippen LogP contribution in [-0.2, 0) is 13.0 Å². The number of hydrogen-bond acceptors (Lipinski definition) is 6. The van der Waals surface area contributed by atoms with Crippen molar-refractivity contribution in [1.82, 2.24) is 25.3 Å². The molecular formula is C12H11N5O2. The lowest BCUT2D eigenvalue weighted by molar-refractivity contribution is 0.0688. The molecule has 7 heteroatoms. The second kappa shape index (κ2) is 4.69. The molecule has 19 heavy (non-hydrogen) atoms. The molecule has 1 aliphatic rings. The third-order valence-electron chi connectivity index (χ3n) is 2.93. The van der Waals surface area contributed by atoms with Gasteiger partial charge in [0.25, 0.3) is 0 Å². The van der Waals surface area contributed by atoms with Crippen molar-refractivity contribution in [3.05, 3.63) is 35.5 Å². The van der Waals surface area contributed by atoms with Gasteiger partial charge in [0.05, 0.1) is 11.9 Å². The highest BCUT2D eigenvalue weighted by Crippen LogP contribution is 2.19. The Labute approximate surface area is 108 Å². The molecule has 0 unspecified atom stereocenters. The van der Waals surface area contributed by atoms with Gasteiger partial charge in [-0.25, -0.2) is 19.7 Å². The van der Waals surface area contributed by atoms with Crippen LogP contribution in [0.2, 0.25) is 0 Å². The molecule has 0 spiro atoms. The highest BCUT2D eigenvalue weighted by atomic mass is 16.4. The highest BCUT2D eigenvalue weighted by Gasteiger charge is 2.22. The molecule has 2 aromatic heterocycles. The number of aromatic nitrogens is 4. The smallest absolute Gasteiger partial charge is 0.354 e. The number of carboxylic acid groups (broad SMARTS) is 1. The maximum atomic E-state index is 11.3. The van der Waals surface area contributed by atoms with Crippen molar-refractivity contribution in [1.29, 1.82) is 0 Å². The fraction of sp³-hybridized carbons (Fsp3) is 0.250. The maximum absolute atomic E-state index is 11.3. The van der Waals surface area contributed by atoms with Crippen LogP contribution < -0.4 is 5.32 Å². The first kappa shape index (κ1) is 11.7. The summed E-state index contributed by atoms with van der Waals surface area (Å²) in [6, 6.07) is 0. The van der Waals surface area contributed by atoms with Crippen molar-refractivity contribution < 1.29 is 9.90 Å². The summed E-state index contributed by atoms with van der Waals surface area (Å²) in [6.45, 7) is 1.26. The van der Waals surface area contributed by atoms with Crippen molar-refractivity contribution >= 4 is 5.97 Å². The summed E-state index contributed by atoms with van der Waals surface area (Å²) >= 11 is 0. The lowest BCUT2D eigenvalue weighted by Gasteiger charge is -2.18. The Morgan fingerprint density at radius 1 is 1.32 bits per heavy atom. The van der Waals surface area contributed by atoms with Crippen LogP contribution in [0.25, 0.3) is 11.5 Å². The van der Waals surface area contributed by atoms with Crippen molar-refractivity contribution in [2.24, 2.45) is 0 Å². The summed E-state index contributed by atoms with van der Waals surface area (Å²) in [5, 5.41) is 12.4. The zero-order valence-electron chi connectivity index (χ0n) is 10.00. The van der Waals surface area contributed by atoms with Crippen LogP contribution >= 0.6 is 0 Å². The molecule has 2 aromatic rings. The monoisotopic (exact) mass is 257 g/mol. The first-order chi connectivity index (χ1) is 9.25.